The highest BCUT2D eigenvalue weighted by Crippen LogP contribution is 2.21. The van der Waals surface area contributed by atoms with Gasteiger partial charge in [0.15, 0.2) is 0 Å². The number of sulfonamides is 1. The predicted molar refractivity (Wildman–Crippen MR) is 84.5 cm³/mol. The van der Waals surface area contributed by atoms with Gasteiger partial charge in [-0.25, -0.2) is 8.42 Å². The number of aliphatic hydroxyl groups excluding tert-OH is 1. The lowest BCUT2D eigenvalue weighted by Gasteiger charge is -2.24. The number of aliphatic hydroxyl groups is 1. The van der Waals surface area contributed by atoms with Gasteiger partial charge in [0.25, 0.3) is 0 Å². The summed E-state index contributed by atoms with van der Waals surface area (Å²) in [5.74, 6) is 0.380. The van der Waals surface area contributed by atoms with Crippen LogP contribution in [0.3, 0.4) is 0 Å². The van der Waals surface area contributed by atoms with Gasteiger partial charge in [0.1, 0.15) is 4.90 Å². The molecule has 0 amide bonds. The van der Waals surface area contributed by atoms with E-state index in [1.165, 1.54) is 0 Å². The molecular weight excluding hydrogens is 288 g/mol. The van der Waals surface area contributed by atoms with Gasteiger partial charge in [0.2, 0.25) is 10.0 Å². The van der Waals surface area contributed by atoms with Crippen LogP contribution in [-0.2, 0) is 23.2 Å². The molecule has 1 heterocycles. The Hall–Kier alpha value is -0.850. The van der Waals surface area contributed by atoms with Gasteiger partial charge < -0.3 is 9.67 Å². The molecular formula is C15H28N2O3S. The molecule has 6 heteroatoms. The molecule has 0 aliphatic heterocycles. The third-order valence-electron chi connectivity index (χ3n) is 4.07. The molecule has 0 saturated carbocycles. The van der Waals surface area contributed by atoms with Crippen LogP contribution in [0, 0.1) is 5.92 Å². The maximum Gasteiger partial charge on any atom is 0.244 e. The Morgan fingerprint density at radius 2 is 1.86 bits per heavy atom. The summed E-state index contributed by atoms with van der Waals surface area (Å²) < 4.78 is 28.8. The molecule has 1 aromatic rings. The van der Waals surface area contributed by atoms with Gasteiger partial charge in [0.05, 0.1) is 6.61 Å². The average molecular weight is 316 g/mol. The first-order valence-corrected chi connectivity index (χ1v) is 9.18. The highest BCUT2D eigenvalue weighted by molar-refractivity contribution is 7.89. The van der Waals surface area contributed by atoms with E-state index in [-0.39, 0.29) is 11.5 Å². The highest BCUT2D eigenvalue weighted by Gasteiger charge is 2.26. The number of aryl methyl sites for hydroxylation is 1. The van der Waals surface area contributed by atoms with Gasteiger partial charge in [-0.05, 0) is 18.9 Å². The normalized spacial score (nSPS) is 12.5. The molecule has 1 aromatic heterocycles. The van der Waals surface area contributed by atoms with Crippen molar-refractivity contribution in [3.05, 3.63) is 18.0 Å². The van der Waals surface area contributed by atoms with E-state index in [2.05, 4.69) is 13.8 Å². The Morgan fingerprint density at radius 3 is 2.24 bits per heavy atom. The van der Waals surface area contributed by atoms with Crippen molar-refractivity contribution < 1.29 is 13.5 Å². The van der Waals surface area contributed by atoms with Crippen molar-refractivity contribution >= 4 is 10.0 Å². The molecule has 0 saturated heterocycles. The van der Waals surface area contributed by atoms with Crippen molar-refractivity contribution in [1.82, 2.24) is 8.87 Å². The molecule has 1 N–H and O–H groups in total. The summed E-state index contributed by atoms with van der Waals surface area (Å²) in [5.41, 5.74) is 0.634. The Balaban J connectivity index is 3.09. The summed E-state index contributed by atoms with van der Waals surface area (Å²) in [6, 6.07) is 1.58. The fraction of sp³-hybridized carbons (Fsp3) is 0.733. The summed E-state index contributed by atoms with van der Waals surface area (Å²) in [7, 11) is -3.49. The Labute approximate surface area is 128 Å². The number of hydrogen-bond donors (Lipinski definition) is 1. The molecule has 0 unspecified atom stereocenters. The van der Waals surface area contributed by atoms with Crippen LogP contribution in [0.5, 0.6) is 0 Å². The van der Waals surface area contributed by atoms with Crippen molar-refractivity contribution in [2.45, 2.75) is 58.6 Å². The first kappa shape index (κ1) is 18.2. The molecule has 0 aliphatic carbocycles. The van der Waals surface area contributed by atoms with Crippen molar-refractivity contribution in [1.29, 1.82) is 0 Å². The van der Waals surface area contributed by atoms with Crippen LogP contribution in [0.25, 0.3) is 0 Å². The lowest BCUT2D eigenvalue weighted by atomic mass is 10.0. The van der Waals surface area contributed by atoms with Crippen LogP contribution >= 0.6 is 0 Å². The standard InChI is InChI=1S/C15H28N2O3S/c1-5-13(6-2)10-17(8-4)21(19,20)15-9-14(12-18)16(7-3)11-15/h9,11,13,18H,5-8,10,12H2,1-4H3. The number of hydrogen-bond acceptors (Lipinski definition) is 3. The minimum absolute atomic E-state index is 0.151. The topological polar surface area (TPSA) is 62.5 Å². The van der Waals surface area contributed by atoms with Crippen molar-refractivity contribution in [2.24, 2.45) is 5.92 Å². The Morgan fingerprint density at radius 1 is 1.24 bits per heavy atom. The Bertz CT molecular complexity index is 512. The van der Waals surface area contributed by atoms with Gasteiger partial charge in [-0.3, -0.25) is 0 Å². The van der Waals surface area contributed by atoms with Gasteiger partial charge >= 0.3 is 0 Å². The fourth-order valence-electron chi connectivity index (χ4n) is 2.47. The molecule has 0 bridgehead atoms. The minimum Gasteiger partial charge on any atom is -0.390 e. The molecule has 0 spiro atoms. The molecule has 0 aliphatic rings. The largest absolute Gasteiger partial charge is 0.390 e. The van der Waals surface area contributed by atoms with E-state index in [0.29, 0.717) is 31.2 Å². The van der Waals surface area contributed by atoms with Crippen molar-refractivity contribution in [3.8, 4) is 0 Å². The SMILES string of the molecule is CCC(CC)CN(CC)S(=O)(=O)c1cc(CO)n(CC)c1. The summed E-state index contributed by atoms with van der Waals surface area (Å²) in [5, 5.41) is 9.32. The number of rotatable bonds is 9. The van der Waals surface area contributed by atoms with Gasteiger partial charge in [-0.15, -0.1) is 0 Å². The number of nitrogens with zero attached hydrogens (tertiary/aromatic N) is 2. The average Bonchev–Trinajstić information content (AvgIpc) is 2.92. The van der Waals surface area contributed by atoms with E-state index >= 15 is 0 Å². The number of aromatic nitrogens is 1. The second-order valence-electron chi connectivity index (χ2n) is 5.25. The maximum absolute atomic E-state index is 12.8. The smallest absolute Gasteiger partial charge is 0.244 e. The van der Waals surface area contributed by atoms with E-state index in [4.69, 9.17) is 0 Å². The van der Waals surface area contributed by atoms with Crippen LogP contribution in [0.4, 0.5) is 0 Å². The summed E-state index contributed by atoms with van der Waals surface area (Å²) in [6.07, 6.45) is 3.57. The lowest BCUT2D eigenvalue weighted by molar-refractivity contribution is 0.271. The quantitative estimate of drug-likeness (QED) is 0.761. The zero-order valence-corrected chi connectivity index (χ0v) is 14.4. The van der Waals surface area contributed by atoms with Crippen LogP contribution < -0.4 is 0 Å². The molecule has 0 aromatic carbocycles. The summed E-state index contributed by atoms with van der Waals surface area (Å²) in [6.45, 7) is 9.48. The van der Waals surface area contributed by atoms with Gasteiger partial charge in [0, 0.05) is 31.5 Å². The predicted octanol–water partition coefficient (Wildman–Crippen LogP) is 2.45. The molecule has 122 valence electrons. The Kier molecular flexibility index (Phi) is 6.90. The monoisotopic (exact) mass is 316 g/mol. The minimum atomic E-state index is -3.49. The summed E-state index contributed by atoms with van der Waals surface area (Å²) >= 11 is 0. The zero-order valence-electron chi connectivity index (χ0n) is 13.5. The van der Waals surface area contributed by atoms with Crippen LogP contribution in [0.1, 0.15) is 46.2 Å². The van der Waals surface area contributed by atoms with Gasteiger partial charge in [-0.2, -0.15) is 4.31 Å². The van der Waals surface area contributed by atoms with E-state index in [9.17, 15) is 13.5 Å². The van der Waals surface area contributed by atoms with E-state index in [1.807, 2.05) is 13.8 Å². The first-order chi connectivity index (χ1) is 9.94. The lowest BCUT2D eigenvalue weighted by Crippen LogP contribution is -2.35. The molecule has 0 radical (unpaired) electrons. The molecule has 0 fully saturated rings. The van der Waals surface area contributed by atoms with Crippen molar-refractivity contribution in [3.63, 3.8) is 0 Å². The zero-order chi connectivity index (χ0) is 16.0. The van der Waals surface area contributed by atoms with E-state index in [0.717, 1.165) is 12.8 Å². The third-order valence-corrected chi connectivity index (χ3v) is 5.98. The summed E-state index contributed by atoms with van der Waals surface area (Å²) in [4.78, 5) is 0.279. The molecule has 0 atom stereocenters. The van der Waals surface area contributed by atoms with Crippen LogP contribution in [0.15, 0.2) is 17.2 Å². The highest BCUT2D eigenvalue weighted by atomic mass is 32.2. The second-order valence-corrected chi connectivity index (χ2v) is 7.19. The third kappa shape index (κ3) is 4.08. The van der Waals surface area contributed by atoms with Crippen molar-refractivity contribution in [2.75, 3.05) is 13.1 Å². The first-order valence-electron chi connectivity index (χ1n) is 7.74. The molecule has 1 rings (SSSR count). The van der Waals surface area contributed by atoms with Gasteiger partial charge in [-0.1, -0.05) is 33.6 Å². The van der Waals surface area contributed by atoms with Crippen LogP contribution in [-0.4, -0.2) is 35.5 Å². The molecule has 5 nitrogen and oxygen atoms in total. The fourth-order valence-corrected chi connectivity index (χ4v) is 4.06. The molecule has 21 heavy (non-hydrogen) atoms. The van der Waals surface area contributed by atoms with E-state index in [1.54, 1.807) is 21.1 Å². The second kappa shape index (κ2) is 7.96. The van der Waals surface area contributed by atoms with Crippen LogP contribution in [0.2, 0.25) is 0 Å². The van der Waals surface area contributed by atoms with E-state index < -0.39 is 10.0 Å². The maximum atomic E-state index is 12.8.